The number of ether oxygens (including phenoxy) is 1. The van der Waals surface area contributed by atoms with E-state index in [-0.39, 0.29) is 23.5 Å². The molecule has 158 valence electrons. The summed E-state index contributed by atoms with van der Waals surface area (Å²) in [5, 5.41) is 6.00. The van der Waals surface area contributed by atoms with E-state index in [0.717, 1.165) is 42.8 Å². The van der Waals surface area contributed by atoms with E-state index in [4.69, 9.17) is 4.74 Å². The summed E-state index contributed by atoms with van der Waals surface area (Å²) in [6, 6.07) is 6.10. The molecule has 0 saturated carbocycles. The highest BCUT2D eigenvalue weighted by Gasteiger charge is 2.21. The van der Waals surface area contributed by atoms with E-state index < -0.39 is 10.0 Å². The fourth-order valence-corrected chi connectivity index (χ4v) is 5.05. The average Bonchev–Trinajstić information content (AvgIpc) is 3.38. The Balaban J connectivity index is 1.46. The van der Waals surface area contributed by atoms with Crippen LogP contribution in [0, 0.1) is 6.92 Å². The number of aryl methyl sites for hydroxylation is 2. The van der Waals surface area contributed by atoms with Crippen LogP contribution in [0.2, 0.25) is 0 Å². The Morgan fingerprint density at radius 2 is 2.21 bits per heavy atom. The highest BCUT2D eigenvalue weighted by Crippen LogP contribution is 2.15. The molecule has 3 rings (SSSR count). The third kappa shape index (κ3) is 6.60. The molecule has 1 aromatic heterocycles. The van der Waals surface area contributed by atoms with Crippen LogP contribution in [-0.2, 0) is 21.2 Å². The predicted octanol–water partition coefficient (Wildman–Crippen LogP) is 2.66. The zero-order chi connectivity index (χ0) is 20.7. The van der Waals surface area contributed by atoms with Crippen LogP contribution < -0.4 is 10.0 Å². The lowest BCUT2D eigenvalue weighted by atomic mass is 10.2. The molecule has 0 bridgehead atoms. The van der Waals surface area contributed by atoms with Crippen molar-refractivity contribution in [2.24, 2.45) is 0 Å². The van der Waals surface area contributed by atoms with Gasteiger partial charge >= 0.3 is 0 Å². The summed E-state index contributed by atoms with van der Waals surface area (Å²) in [7, 11) is -3.68. The second-order valence-electron chi connectivity index (χ2n) is 7.11. The van der Waals surface area contributed by atoms with Gasteiger partial charge in [-0.25, -0.2) is 18.1 Å². The van der Waals surface area contributed by atoms with Crippen LogP contribution in [0.25, 0.3) is 0 Å². The Morgan fingerprint density at radius 1 is 1.34 bits per heavy atom. The van der Waals surface area contributed by atoms with Gasteiger partial charge in [0, 0.05) is 36.3 Å². The van der Waals surface area contributed by atoms with Gasteiger partial charge in [-0.2, -0.15) is 0 Å². The van der Waals surface area contributed by atoms with Crippen LogP contribution in [0.5, 0.6) is 0 Å². The van der Waals surface area contributed by atoms with E-state index in [1.807, 2.05) is 12.3 Å². The molecule has 1 aliphatic heterocycles. The summed E-state index contributed by atoms with van der Waals surface area (Å²) in [5.41, 5.74) is 1.37. The number of carbonyl (C=O) groups is 1. The molecule has 29 heavy (non-hydrogen) atoms. The number of nitrogens with one attached hydrogen (secondary N) is 2. The highest BCUT2D eigenvalue weighted by atomic mass is 32.2. The quantitative estimate of drug-likeness (QED) is 0.557. The van der Waals surface area contributed by atoms with E-state index >= 15 is 0 Å². The standard InChI is InChI=1S/C20H27N3O4S2/c1-15-14-28-19(23-15)9-2-3-10-21-20(24)16-6-4-8-18(12-16)29(25,26)22-13-17-7-5-11-27-17/h4,6,8,12,14,17,22H,2-3,5,7,9-11,13H2,1H3,(H,21,24). The van der Waals surface area contributed by atoms with E-state index in [2.05, 4.69) is 15.0 Å². The minimum atomic E-state index is -3.68. The summed E-state index contributed by atoms with van der Waals surface area (Å²) >= 11 is 1.66. The molecule has 2 heterocycles. The number of benzene rings is 1. The summed E-state index contributed by atoms with van der Waals surface area (Å²) < 4.78 is 33.0. The van der Waals surface area contributed by atoms with Crippen molar-refractivity contribution in [1.82, 2.24) is 15.0 Å². The summed E-state index contributed by atoms with van der Waals surface area (Å²) in [5.74, 6) is -0.272. The van der Waals surface area contributed by atoms with Crippen LogP contribution in [0.15, 0.2) is 34.5 Å². The number of amides is 1. The van der Waals surface area contributed by atoms with Gasteiger partial charge in [-0.3, -0.25) is 4.79 Å². The first-order chi connectivity index (χ1) is 13.9. The normalized spacial score (nSPS) is 16.8. The Labute approximate surface area is 175 Å². The number of hydrogen-bond acceptors (Lipinski definition) is 6. The zero-order valence-corrected chi connectivity index (χ0v) is 18.2. The third-order valence-corrected chi connectivity index (χ3v) is 7.15. The van der Waals surface area contributed by atoms with E-state index in [9.17, 15) is 13.2 Å². The van der Waals surface area contributed by atoms with Crippen LogP contribution in [0.1, 0.15) is 46.7 Å². The van der Waals surface area contributed by atoms with Gasteiger partial charge in [0.05, 0.1) is 16.0 Å². The molecule has 1 amide bonds. The number of sulfonamides is 1. The number of aromatic nitrogens is 1. The lowest BCUT2D eigenvalue weighted by molar-refractivity contribution is 0.0952. The molecule has 0 spiro atoms. The molecule has 1 aromatic carbocycles. The first kappa shape index (κ1) is 21.9. The number of carbonyl (C=O) groups excluding carboxylic acids is 1. The van der Waals surface area contributed by atoms with Crippen molar-refractivity contribution in [3.8, 4) is 0 Å². The topological polar surface area (TPSA) is 97.4 Å². The van der Waals surface area contributed by atoms with Crippen molar-refractivity contribution in [1.29, 1.82) is 0 Å². The lowest BCUT2D eigenvalue weighted by Gasteiger charge is -2.12. The average molecular weight is 438 g/mol. The first-order valence-corrected chi connectivity index (χ1v) is 12.2. The van der Waals surface area contributed by atoms with Gasteiger partial charge in [0.1, 0.15) is 0 Å². The molecule has 1 atom stereocenters. The summed E-state index contributed by atoms with van der Waals surface area (Å²) in [6.07, 6.45) is 4.40. The largest absolute Gasteiger partial charge is 0.377 e. The number of rotatable bonds is 10. The predicted molar refractivity (Wildman–Crippen MR) is 113 cm³/mol. The summed E-state index contributed by atoms with van der Waals surface area (Å²) in [6.45, 7) is 3.44. The Morgan fingerprint density at radius 3 is 2.93 bits per heavy atom. The van der Waals surface area contributed by atoms with Crippen molar-refractivity contribution >= 4 is 27.3 Å². The maximum absolute atomic E-state index is 12.5. The number of unbranched alkanes of at least 4 members (excludes halogenated alkanes) is 1. The molecule has 0 radical (unpaired) electrons. The van der Waals surface area contributed by atoms with Crippen LogP contribution in [-0.4, -0.2) is 45.1 Å². The minimum absolute atomic E-state index is 0.0791. The second-order valence-corrected chi connectivity index (χ2v) is 9.82. The van der Waals surface area contributed by atoms with E-state index in [1.54, 1.807) is 23.5 Å². The smallest absolute Gasteiger partial charge is 0.251 e. The van der Waals surface area contributed by atoms with Crippen LogP contribution >= 0.6 is 11.3 Å². The molecule has 1 aliphatic rings. The number of thiazole rings is 1. The fourth-order valence-electron chi connectivity index (χ4n) is 3.12. The van der Waals surface area contributed by atoms with Crippen LogP contribution in [0.4, 0.5) is 0 Å². The van der Waals surface area contributed by atoms with Gasteiger partial charge in [-0.15, -0.1) is 11.3 Å². The molecular formula is C20H27N3O4S2. The van der Waals surface area contributed by atoms with E-state index in [1.165, 1.54) is 12.1 Å². The molecular weight excluding hydrogens is 410 g/mol. The van der Waals surface area contributed by atoms with Crippen molar-refractivity contribution in [2.75, 3.05) is 19.7 Å². The zero-order valence-electron chi connectivity index (χ0n) is 16.5. The first-order valence-electron chi connectivity index (χ1n) is 9.84. The molecule has 2 N–H and O–H groups in total. The summed E-state index contributed by atoms with van der Waals surface area (Å²) in [4.78, 5) is 16.9. The van der Waals surface area contributed by atoms with Crippen molar-refractivity contribution in [2.45, 2.75) is 50.0 Å². The SMILES string of the molecule is Cc1csc(CCCCNC(=O)c2cccc(S(=O)(=O)NCC3CCCO3)c2)n1. The maximum Gasteiger partial charge on any atom is 0.251 e. The Hall–Kier alpha value is -1.81. The molecule has 1 saturated heterocycles. The van der Waals surface area contributed by atoms with Gasteiger partial charge in [-0.1, -0.05) is 6.07 Å². The van der Waals surface area contributed by atoms with Gasteiger partial charge in [-0.05, 0) is 57.2 Å². The molecule has 1 fully saturated rings. The number of hydrogen-bond donors (Lipinski definition) is 2. The monoisotopic (exact) mass is 437 g/mol. The maximum atomic E-state index is 12.5. The van der Waals surface area contributed by atoms with Gasteiger partial charge in [0.15, 0.2) is 0 Å². The van der Waals surface area contributed by atoms with Crippen molar-refractivity contribution in [3.63, 3.8) is 0 Å². The fraction of sp³-hybridized carbons (Fsp3) is 0.500. The minimum Gasteiger partial charge on any atom is -0.377 e. The Kier molecular flexibility index (Phi) is 7.77. The van der Waals surface area contributed by atoms with Crippen molar-refractivity contribution in [3.05, 3.63) is 45.9 Å². The van der Waals surface area contributed by atoms with Gasteiger partial charge in [0.2, 0.25) is 10.0 Å². The molecule has 2 aromatic rings. The molecule has 1 unspecified atom stereocenters. The number of nitrogens with zero attached hydrogens (tertiary/aromatic N) is 1. The molecule has 9 heteroatoms. The Bertz CT molecular complexity index is 921. The molecule has 0 aliphatic carbocycles. The lowest BCUT2D eigenvalue weighted by Crippen LogP contribution is -2.32. The third-order valence-electron chi connectivity index (χ3n) is 4.70. The molecule has 7 nitrogen and oxygen atoms in total. The van der Waals surface area contributed by atoms with Gasteiger partial charge in [0.25, 0.3) is 5.91 Å². The van der Waals surface area contributed by atoms with Crippen molar-refractivity contribution < 1.29 is 17.9 Å². The highest BCUT2D eigenvalue weighted by molar-refractivity contribution is 7.89. The van der Waals surface area contributed by atoms with E-state index in [0.29, 0.717) is 18.7 Å². The van der Waals surface area contributed by atoms with Crippen LogP contribution in [0.3, 0.4) is 0 Å². The van der Waals surface area contributed by atoms with Gasteiger partial charge < -0.3 is 10.1 Å². The second kappa shape index (κ2) is 10.3.